The molecule has 0 unspecified atom stereocenters. The monoisotopic (exact) mass is 1640 g/mol. The van der Waals surface area contributed by atoms with Crippen LogP contribution < -0.4 is 20.4 Å². The summed E-state index contributed by atoms with van der Waals surface area (Å²) in [5.74, 6) is 0.564. The van der Waals surface area contributed by atoms with E-state index in [0.29, 0.717) is 39.8 Å². The lowest BCUT2D eigenvalue weighted by Gasteiger charge is -2.20. The highest BCUT2D eigenvalue weighted by Crippen LogP contribution is 2.38. The number of unbranched alkanes of at least 4 members (excludes halogenated alkanes) is 1. The fourth-order valence-corrected chi connectivity index (χ4v) is 13.2. The Morgan fingerprint density at radius 2 is 0.637 bits per heavy atom. The first-order valence-corrected chi connectivity index (χ1v) is 41.6. The summed E-state index contributed by atoms with van der Waals surface area (Å²) in [5, 5.41) is 81.0. The molecule has 26 heteroatoms. The smallest absolute Gasteiger partial charge is 0.323 e. The van der Waals surface area contributed by atoms with Gasteiger partial charge in [-0.15, -0.1) is 20.5 Å². The zero-order valence-corrected chi connectivity index (χ0v) is 71.2. The number of H-pyrrole nitrogens is 2. The maximum absolute atomic E-state index is 11.4. The molecule has 0 aliphatic heterocycles. The third-order valence-electron chi connectivity index (χ3n) is 20.2. The number of para-hydroxylation sites is 1. The zero-order valence-electron chi connectivity index (χ0n) is 71.2. The van der Waals surface area contributed by atoms with Gasteiger partial charge in [-0.3, -0.25) is 4.98 Å². The van der Waals surface area contributed by atoms with E-state index in [1.165, 1.54) is 35.5 Å². The Hall–Kier alpha value is -15.5. The molecule has 3 heterocycles. The first-order chi connectivity index (χ1) is 60.7. The van der Waals surface area contributed by atoms with Gasteiger partial charge in [-0.1, -0.05) is 43.7 Å². The molecule has 12 aromatic carbocycles. The van der Waals surface area contributed by atoms with Crippen molar-refractivity contribution in [1.29, 1.82) is 0 Å². The number of anilines is 3. The van der Waals surface area contributed by atoms with Crippen LogP contribution in [0.15, 0.2) is 382 Å². The summed E-state index contributed by atoms with van der Waals surface area (Å²) in [6.07, 6.45) is 5.21. The van der Waals surface area contributed by atoms with E-state index in [-0.39, 0.29) is 5.69 Å². The van der Waals surface area contributed by atoms with E-state index >= 15 is 0 Å². The number of pyridine rings is 2. The van der Waals surface area contributed by atoms with Gasteiger partial charge in [0.25, 0.3) is 0 Å². The summed E-state index contributed by atoms with van der Waals surface area (Å²) in [6.45, 7) is 26.9. The van der Waals surface area contributed by atoms with Crippen LogP contribution in [0, 0.1) is 20.8 Å². The lowest BCUT2D eigenvalue weighted by Crippen LogP contribution is -2.21. The van der Waals surface area contributed by atoms with Crippen molar-refractivity contribution in [3.05, 3.63) is 318 Å². The first-order valence-electron chi connectivity index (χ1n) is 41.6. The van der Waals surface area contributed by atoms with Gasteiger partial charge < -0.3 is 24.7 Å². The van der Waals surface area contributed by atoms with E-state index < -0.39 is 0 Å². The standard InChI is InChI=1S/C36H38N8.C32H30N8.C30H29N9O/c1-5-8-10-27-12-14-28(15-13-27)39-42-34-22-23-35(36-32(34)11-9-24-37-36)43-41-33-21-18-30(25-26(33)4)40-38-29-16-19-31(20-17-29)44(6-2)7-3;1-4-40(5-2)29-18-15-27(16-19-29)34-37-28-17-20-30(23(3)22-28)38-35-25-11-13-26(14-12-25)36-39-32-21-10-24-8-6-7-9-31(24)33-32;1-4-39(5-2)26-14-10-23(11-15-26)34-36-24-12-16-27(20(3)18-24)38-35-22-8-6-21(7-9-22)33-37-25-13-17-28-29(19-25)32-30(40)31-28/h9,11-25H,5-8,10H2,1-4H3;6-22H,4-5H2,1-3H3;6-19H,4-5H2,1-3H3,(H2,31,32,40). The second kappa shape index (κ2) is 43.5. The molecule has 0 spiro atoms. The number of fused-ring (bicyclic) bond motifs is 3. The number of benzene rings is 12. The third-order valence-corrected chi connectivity index (χ3v) is 20.2. The molecule has 124 heavy (non-hydrogen) atoms. The molecule has 26 nitrogen and oxygen atoms in total. The molecule has 620 valence electrons. The van der Waals surface area contributed by atoms with Crippen LogP contribution in [0.2, 0.25) is 0 Å². The lowest BCUT2D eigenvalue weighted by atomic mass is 10.1. The molecule has 2 N–H and O–H groups in total. The molecular weight excluding hydrogens is 1540 g/mol. The molecule has 0 aliphatic rings. The Labute approximate surface area is 720 Å². The number of rotatable bonds is 30. The van der Waals surface area contributed by atoms with Gasteiger partial charge in [0.05, 0.1) is 113 Å². The van der Waals surface area contributed by atoms with E-state index in [1.807, 2.05) is 233 Å². The number of azo groups is 9. The topological polar surface area (TPSA) is 307 Å². The third kappa shape index (κ3) is 24.2. The quantitative estimate of drug-likeness (QED) is 0.0412. The number of aryl methyl sites for hydroxylation is 4. The van der Waals surface area contributed by atoms with E-state index in [9.17, 15) is 4.79 Å². The van der Waals surface area contributed by atoms with Gasteiger partial charge in [-0.2, -0.15) is 71.6 Å². The summed E-state index contributed by atoms with van der Waals surface area (Å²) < 4.78 is 0. The average Bonchev–Trinajstić information content (AvgIpc) is 1.76. The average molecular weight is 1640 g/mol. The van der Waals surface area contributed by atoms with Crippen molar-refractivity contribution in [3.8, 4) is 0 Å². The number of hydrogen-bond acceptors (Lipinski definition) is 24. The Kier molecular flexibility index (Phi) is 30.3. The van der Waals surface area contributed by atoms with Gasteiger partial charge in [0.1, 0.15) is 5.69 Å². The Morgan fingerprint density at radius 1 is 0.298 bits per heavy atom. The number of hydrogen-bond donors (Lipinski definition) is 2. The minimum absolute atomic E-state index is 0.252. The zero-order chi connectivity index (χ0) is 86.4. The number of nitrogens with one attached hydrogen (secondary N) is 2. The summed E-state index contributed by atoms with van der Waals surface area (Å²) in [6, 6.07) is 89.3. The molecule has 0 amide bonds. The number of imidazole rings is 1. The van der Waals surface area contributed by atoms with Crippen LogP contribution in [0.4, 0.5) is 120 Å². The maximum atomic E-state index is 11.4. The van der Waals surface area contributed by atoms with Crippen LogP contribution in [0.5, 0.6) is 0 Å². The highest BCUT2D eigenvalue weighted by molar-refractivity contribution is 5.97. The van der Waals surface area contributed by atoms with E-state index in [0.717, 1.165) is 158 Å². The normalized spacial score (nSPS) is 11.8. The number of aromatic nitrogens is 4. The molecule has 0 aliphatic carbocycles. The minimum Gasteiger partial charge on any atom is -0.372 e. The largest absolute Gasteiger partial charge is 0.372 e. The molecule has 3 aromatic heterocycles. The van der Waals surface area contributed by atoms with Crippen LogP contribution in [0.25, 0.3) is 32.8 Å². The molecule has 0 saturated heterocycles. The highest BCUT2D eigenvalue weighted by atomic mass is 16.1. The highest BCUT2D eigenvalue weighted by Gasteiger charge is 2.12. The minimum atomic E-state index is -0.252. The van der Waals surface area contributed by atoms with E-state index in [1.54, 1.807) is 24.4 Å². The van der Waals surface area contributed by atoms with Crippen LogP contribution in [-0.2, 0) is 6.42 Å². The Morgan fingerprint density at radius 3 is 1.07 bits per heavy atom. The summed E-state index contributed by atoms with van der Waals surface area (Å²) >= 11 is 0. The fraction of sp³-hybridized carbons (Fsp3) is 0.194. The lowest BCUT2D eigenvalue weighted by molar-refractivity contribution is 0.795. The predicted octanol–water partition coefficient (Wildman–Crippen LogP) is 31.9. The fourth-order valence-electron chi connectivity index (χ4n) is 13.2. The molecular formula is C98H97N25O. The van der Waals surface area contributed by atoms with Gasteiger partial charge in [-0.25, -0.2) is 9.78 Å². The summed E-state index contributed by atoms with van der Waals surface area (Å²) in [7, 11) is 0. The van der Waals surface area contributed by atoms with Crippen molar-refractivity contribution < 1.29 is 0 Å². The molecule has 0 radical (unpaired) electrons. The molecule has 15 aromatic rings. The van der Waals surface area contributed by atoms with Gasteiger partial charge in [0, 0.05) is 73.3 Å². The molecule has 0 fully saturated rings. The maximum Gasteiger partial charge on any atom is 0.323 e. The van der Waals surface area contributed by atoms with Crippen molar-refractivity contribution in [2.45, 2.75) is 88.5 Å². The second-order valence-corrected chi connectivity index (χ2v) is 28.8. The van der Waals surface area contributed by atoms with Crippen LogP contribution in [0.1, 0.15) is 83.6 Å². The Bertz CT molecular complexity index is 6420. The van der Waals surface area contributed by atoms with Gasteiger partial charge in [0.2, 0.25) is 0 Å². The number of aromatic amines is 2. The van der Waals surface area contributed by atoms with Crippen molar-refractivity contribution in [2.75, 3.05) is 54.0 Å². The number of nitrogens with zero attached hydrogens (tertiary/aromatic N) is 23. The van der Waals surface area contributed by atoms with E-state index in [4.69, 9.17) is 0 Å². The van der Waals surface area contributed by atoms with Crippen molar-refractivity contribution in [3.63, 3.8) is 0 Å². The predicted molar refractivity (Wildman–Crippen MR) is 501 cm³/mol. The van der Waals surface area contributed by atoms with Gasteiger partial charge >= 0.3 is 5.69 Å². The van der Waals surface area contributed by atoms with Gasteiger partial charge in [0.15, 0.2) is 5.82 Å². The van der Waals surface area contributed by atoms with Crippen LogP contribution in [0.3, 0.4) is 0 Å². The van der Waals surface area contributed by atoms with Crippen molar-refractivity contribution >= 4 is 152 Å². The summed E-state index contributed by atoms with van der Waals surface area (Å²) in [4.78, 5) is 32.8. The van der Waals surface area contributed by atoms with Crippen LogP contribution >= 0.6 is 0 Å². The second-order valence-electron chi connectivity index (χ2n) is 28.8. The summed E-state index contributed by atoms with van der Waals surface area (Å²) in [5.41, 5.74) is 23.1. The molecule has 0 bridgehead atoms. The molecule has 0 atom stereocenters. The SMILES string of the molecule is CCCCc1ccc(N=Nc2ccc(N=Nc3ccc(N=Nc4ccc(N(CC)CC)cc4)cc3C)c3ncccc23)cc1.CCN(CC)c1ccc(N=Nc2ccc(N=Nc3ccc(N=Nc4ccc5[nH]c(=O)[nH]c5c4)cc3)c(C)c2)cc1.CCN(CC)c1ccc(N=Nc2ccc(N=Nc3ccc(N=Nc4ccc5ccccc5n4)cc3)c(C)c2)cc1. The van der Waals surface area contributed by atoms with Gasteiger partial charge in [-0.05, 0) is 346 Å². The van der Waals surface area contributed by atoms with Crippen LogP contribution in [-0.4, -0.2) is 59.2 Å². The van der Waals surface area contributed by atoms with Crippen molar-refractivity contribution in [2.24, 2.45) is 92.1 Å². The van der Waals surface area contributed by atoms with Crippen molar-refractivity contribution in [1.82, 2.24) is 19.9 Å². The van der Waals surface area contributed by atoms with E-state index in [2.05, 4.69) is 224 Å². The first kappa shape index (κ1) is 86.4. The Balaban J connectivity index is 0.000000160. The molecule has 15 rings (SSSR count). The molecule has 0 saturated carbocycles.